The van der Waals surface area contributed by atoms with Crippen LogP contribution in [0, 0.1) is 11.3 Å². The van der Waals surface area contributed by atoms with Crippen LogP contribution in [0.1, 0.15) is 5.56 Å². The first-order valence-electron chi connectivity index (χ1n) is 4.79. The summed E-state index contributed by atoms with van der Waals surface area (Å²) in [5.74, 6) is 1.47. The van der Waals surface area contributed by atoms with E-state index in [-0.39, 0.29) is 13.4 Å². The molecule has 1 aromatic carbocycles. The van der Waals surface area contributed by atoms with Crippen molar-refractivity contribution in [3.8, 4) is 17.6 Å². The lowest BCUT2D eigenvalue weighted by Gasteiger charge is -2.05. The Bertz CT molecular complexity index is 416. The summed E-state index contributed by atoms with van der Waals surface area (Å²) in [7, 11) is 0. The van der Waals surface area contributed by atoms with E-state index in [0.717, 1.165) is 17.1 Å². The Morgan fingerprint density at radius 2 is 2.25 bits per heavy atom. The zero-order chi connectivity index (χ0) is 11.4. The number of rotatable bonds is 4. The van der Waals surface area contributed by atoms with Crippen LogP contribution in [0.15, 0.2) is 18.2 Å². The Morgan fingerprint density at radius 3 is 3.06 bits per heavy atom. The van der Waals surface area contributed by atoms with Gasteiger partial charge in [0, 0.05) is 0 Å². The number of benzene rings is 1. The van der Waals surface area contributed by atoms with Gasteiger partial charge in [0.25, 0.3) is 0 Å². The van der Waals surface area contributed by atoms with Gasteiger partial charge >= 0.3 is 0 Å². The molecule has 0 saturated carbocycles. The Kier molecular flexibility index (Phi) is 3.50. The predicted molar refractivity (Wildman–Crippen MR) is 57.5 cm³/mol. The van der Waals surface area contributed by atoms with Crippen molar-refractivity contribution in [2.24, 2.45) is 0 Å². The fourth-order valence-corrected chi connectivity index (χ4v) is 1.44. The number of hydrogen-bond donors (Lipinski definition) is 0. The lowest BCUT2D eigenvalue weighted by molar-refractivity contribution is 0.127. The molecule has 16 heavy (non-hydrogen) atoms. The van der Waals surface area contributed by atoms with Gasteiger partial charge in [0.15, 0.2) is 11.5 Å². The van der Waals surface area contributed by atoms with E-state index in [9.17, 15) is 0 Å². The monoisotopic (exact) mass is 239 g/mol. The zero-order valence-corrected chi connectivity index (χ0v) is 9.24. The molecule has 0 spiro atoms. The third-order valence-corrected chi connectivity index (χ3v) is 2.33. The normalized spacial score (nSPS) is 14.5. The second kappa shape index (κ2) is 5.06. The van der Waals surface area contributed by atoms with Crippen LogP contribution in [0.2, 0.25) is 0 Å². The second-order valence-electron chi connectivity index (χ2n) is 3.30. The van der Waals surface area contributed by atoms with Crippen LogP contribution < -0.4 is 9.47 Å². The Balaban J connectivity index is 1.89. The van der Waals surface area contributed by atoms with Gasteiger partial charge in [-0.2, -0.15) is 5.26 Å². The molecule has 1 heterocycles. The lowest BCUT2D eigenvalue weighted by Crippen LogP contribution is -2.06. The Hall–Kier alpha value is -1.44. The maximum absolute atomic E-state index is 8.46. The van der Waals surface area contributed by atoms with Gasteiger partial charge in [-0.15, -0.1) is 11.6 Å². The van der Waals surface area contributed by atoms with Crippen molar-refractivity contribution in [1.82, 2.24) is 0 Å². The van der Waals surface area contributed by atoms with E-state index < -0.39 is 5.38 Å². The first-order valence-corrected chi connectivity index (χ1v) is 5.23. The molecule has 1 aromatic rings. The molecule has 84 valence electrons. The molecule has 1 aliphatic rings. The van der Waals surface area contributed by atoms with Gasteiger partial charge < -0.3 is 14.2 Å². The van der Waals surface area contributed by atoms with E-state index in [1.807, 2.05) is 24.3 Å². The van der Waals surface area contributed by atoms with Gasteiger partial charge in [-0.1, -0.05) is 6.07 Å². The number of alkyl halides is 1. The Morgan fingerprint density at radius 1 is 1.44 bits per heavy atom. The number of hydrogen-bond acceptors (Lipinski definition) is 4. The lowest BCUT2D eigenvalue weighted by atomic mass is 10.2. The van der Waals surface area contributed by atoms with Gasteiger partial charge in [0.1, 0.15) is 5.38 Å². The number of fused-ring (bicyclic) bond motifs is 1. The highest BCUT2D eigenvalue weighted by atomic mass is 35.5. The number of nitriles is 1. The van der Waals surface area contributed by atoms with Crippen LogP contribution in [0.25, 0.3) is 0 Å². The van der Waals surface area contributed by atoms with Crippen LogP contribution in [-0.4, -0.2) is 18.8 Å². The number of halogens is 1. The molecule has 1 aliphatic heterocycles. The molecule has 0 aliphatic carbocycles. The first-order chi connectivity index (χ1) is 7.79. The van der Waals surface area contributed by atoms with Gasteiger partial charge in [-0.3, -0.25) is 0 Å². The quantitative estimate of drug-likeness (QED) is 0.755. The topological polar surface area (TPSA) is 51.5 Å². The van der Waals surface area contributed by atoms with E-state index in [0.29, 0.717) is 6.61 Å². The van der Waals surface area contributed by atoms with E-state index >= 15 is 0 Å². The molecule has 0 fully saturated rings. The molecular formula is C11H10ClNO3. The molecule has 1 atom stereocenters. The van der Waals surface area contributed by atoms with Gasteiger partial charge in [0.2, 0.25) is 6.79 Å². The van der Waals surface area contributed by atoms with E-state index in [2.05, 4.69) is 0 Å². The molecule has 0 N–H and O–H groups in total. The first kappa shape index (κ1) is 11.1. The van der Waals surface area contributed by atoms with Crippen LogP contribution in [0.3, 0.4) is 0 Å². The summed E-state index contributed by atoms with van der Waals surface area (Å²) in [6.07, 6.45) is 0. The highest BCUT2D eigenvalue weighted by Crippen LogP contribution is 2.32. The maximum Gasteiger partial charge on any atom is 0.231 e. The minimum absolute atomic E-state index is 0.215. The minimum atomic E-state index is -0.603. The fraction of sp³-hybridized carbons (Fsp3) is 0.364. The largest absolute Gasteiger partial charge is 0.454 e. The van der Waals surface area contributed by atoms with Crippen LogP contribution in [-0.2, 0) is 11.3 Å². The second-order valence-corrected chi connectivity index (χ2v) is 3.83. The van der Waals surface area contributed by atoms with Gasteiger partial charge in [-0.05, 0) is 17.7 Å². The summed E-state index contributed by atoms with van der Waals surface area (Å²) in [6, 6.07) is 7.48. The molecule has 0 amide bonds. The smallest absolute Gasteiger partial charge is 0.231 e. The van der Waals surface area contributed by atoms with Crippen molar-refractivity contribution in [2.75, 3.05) is 13.4 Å². The van der Waals surface area contributed by atoms with Crippen molar-refractivity contribution < 1.29 is 14.2 Å². The molecule has 0 radical (unpaired) electrons. The van der Waals surface area contributed by atoms with Crippen LogP contribution in [0.4, 0.5) is 0 Å². The van der Waals surface area contributed by atoms with Crippen molar-refractivity contribution in [2.45, 2.75) is 12.0 Å². The average Bonchev–Trinajstić information content (AvgIpc) is 2.76. The highest BCUT2D eigenvalue weighted by Gasteiger charge is 2.13. The molecular weight excluding hydrogens is 230 g/mol. The van der Waals surface area contributed by atoms with Gasteiger partial charge in [0.05, 0.1) is 19.3 Å². The fourth-order valence-electron chi connectivity index (χ4n) is 1.35. The zero-order valence-electron chi connectivity index (χ0n) is 8.48. The van der Waals surface area contributed by atoms with E-state index in [4.69, 9.17) is 31.1 Å². The van der Waals surface area contributed by atoms with E-state index in [1.165, 1.54) is 0 Å². The number of ether oxygens (including phenoxy) is 3. The third kappa shape index (κ3) is 2.57. The molecule has 2 rings (SSSR count). The summed E-state index contributed by atoms with van der Waals surface area (Å²) in [5, 5.41) is 7.86. The van der Waals surface area contributed by atoms with Crippen molar-refractivity contribution in [1.29, 1.82) is 5.26 Å². The maximum atomic E-state index is 8.46. The summed E-state index contributed by atoms with van der Waals surface area (Å²) < 4.78 is 15.7. The predicted octanol–water partition coefficient (Wildman–Crippen LogP) is 2.06. The molecule has 0 aromatic heterocycles. The number of nitrogens with zero attached hydrogens (tertiary/aromatic N) is 1. The molecule has 0 saturated heterocycles. The Labute approximate surface area is 98.3 Å². The van der Waals surface area contributed by atoms with Crippen molar-refractivity contribution in [3.63, 3.8) is 0 Å². The average molecular weight is 240 g/mol. The summed E-state index contributed by atoms with van der Waals surface area (Å²) >= 11 is 5.59. The summed E-state index contributed by atoms with van der Waals surface area (Å²) in [6.45, 7) is 0.881. The molecule has 0 bridgehead atoms. The molecule has 4 nitrogen and oxygen atoms in total. The van der Waals surface area contributed by atoms with E-state index in [1.54, 1.807) is 0 Å². The highest BCUT2D eigenvalue weighted by molar-refractivity contribution is 6.22. The van der Waals surface area contributed by atoms with Crippen molar-refractivity contribution >= 4 is 11.6 Å². The molecule has 1 unspecified atom stereocenters. The minimum Gasteiger partial charge on any atom is -0.454 e. The standard InChI is InChI=1S/C11H10ClNO3/c12-9(4-13)6-14-5-8-1-2-10-11(3-8)16-7-15-10/h1-3,9H,5-7H2. The molecule has 5 heteroatoms. The summed E-state index contributed by atoms with van der Waals surface area (Å²) in [4.78, 5) is 0. The van der Waals surface area contributed by atoms with Crippen molar-refractivity contribution in [3.05, 3.63) is 23.8 Å². The van der Waals surface area contributed by atoms with Crippen LogP contribution >= 0.6 is 11.6 Å². The van der Waals surface area contributed by atoms with Gasteiger partial charge in [-0.25, -0.2) is 0 Å². The summed E-state index contributed by atoms with van der Waals surface area (Å²) in [5.41, 5.74) is 0.964. The van der Waals surface area contributed by atoms with Crippen LogP contribution in [0.5, 0.6) is 11.5 Å². The third-order valence-electron chi connectivity index (χ3n) is 2.11. The SMILES string of the molecule is N#CC(Cl)COCc1ccc2c(c1)OCO2.